The molecule has 1 N–H and O–H groups in total. The van der Waals surface area contributed by atoms with Crippen LogP contribution in [0.4, 0.5) is 15.9 Å². The van der Waals surface area contributed by atoms with Crippen LogP contribution in [-0.2, 0) is 6.61 Å². The maximum Gasteiger partial charge on any atom is 0.141 e. The Bertz CT molecular complexity index is 1160. The Hall–Kier alpha value is -2.70. The molecule has 1 heterocycles. The minimum Gasteiger partial charge on any atom is -0.487 e. The second kappa shape index (κ2) is 8.12. The van der Waals surface area contributed by atoms with Crippen LogP contribution in [0.3, 0.4) is 0 Å². The third kappa shape index (κ3) is 4.24. The Morgan fingerprint density at radius 3 is 2.75 bits per heavy atom. The van der Waals surface area contributed by atoms with Gasteiger partial charge in [0.15, 0.2) is 0 Å². The minimum absolute atomic E-state index is 0.232. The van der Waals surface area contributed by atoms with Gasteiger partial charge in [-0.2, -0.15) is 0 Å². The predicted molar refractivity (Wildman–Crippen MR) is 113 cm³/mol. The summed E-state index contributed by atoms with van der Waals surface area (Å²) in [6, 6.07) is 17.5. The van der Waals surface area contributed by atoms with Gasteiger partial charge in [0.25, 0.3) is 0 Å². The molecule has 1 aromatic heterocycles. The van der Waals surface area contributed by atoms with E-state index in [9.17, 15) is 4.39 Å². The van der Waals surface area contributed by atoms with Crippen LogP contribution in [0.5, 0.6) is 5.75 Å². The molecule has 0 amide bonds. The molecule has 0 unspecified atom stereocenters. The highest BCUT2D eigenvalue weighted by atomic mass is 79.9. The molecule has 0 saturated heterocycles. The second-order valence-electron chi connectivity index (χ2n) is 6.07. The molecule has 140 valence electrons. The number of ether oxygens (including phenoxy) is 1. The van der Waals surface area contributed by atoms with Crippen molar-refractivity contribution < 1.29 is 9.13 Å². The molecule has 4 nitrogen and oxygen atoms in total. The summed E-state index contributed by atoms with van der Waals surface area (Å²) in [6.45, 7) is 0.232. The highest BCUT2D eigenvalue weighted by molar-refractivity contribution is 9.10. The summed E-state index contributed by atoms with van der Waals surface area (Å²) in [5, 5.41) is 4.60. The first-order valence-electron chi connectivity index (χ1n) is 8.42. The number of benzene rings is 3. The molecule has 0 radical (unpaired) electrons. The lowest BCUT2D eigenvalue weighted by Crippen LogP contribution is -1.98. The first-order chi connectivity index (χ1) is 13.6. The molecular formula is C21H14BrClFN3O. The summed E-state index contributed by atoms with van der Waals surface area (Å²) < 4.78 is 19.9. The quantitative estimate of drug-likeness (QED) is 0.370. The number of anilines is 2. The van der Waals surface area contributed by atoms with Gasteiger partial charge in [-0.1, -0.05) is 39.7 Å². The second-order valence-corrected chi connectivity index (χ2v) is 7.40. The number of rotatable bonds is 5. The molecule has 4 aromatic rings. The van der Waals surface area contributed by atoms with Gasteiger partial charge in [0.2, 0.25) is 0 Å². The lowest BCUT2D eigenvalue weighted by molar-refractivity contribution is 0.306. The van der Waals surface area contributed by atoms with Crippen molar-refractivity contribution in [3.8, 4) is 5.75 Å². The van der Waals surface area contributed by atoms with Crippen LogP contribution >= 0.6 is 27.5 Å². The maximum absolute atomic E-state index is 13.3. The van der Waals surface area contributed by atoms with E-state index in [4.69, 9.17) is 16.3 Å². The van der Waals surface area contributed by atoms with Gasteiger partial charge in [-0.25, -0.2) is 14.4 Å². The van der Waals surface area contributed by atoms with Gasteiger partial charge >= 0.3 is 0 Å². The first-order valence-corrected chi connectivity index (χ1v) is 9.60. The van der Waals surface area contributed by atoms with Crippen LogP contribution < -0.4 is 10.1 Å². The molecule has 0 spiro atoms. The van der Waals surface area contributed by atoms with Gasteiger partial charge in [-0.15, -0.1) is 0 Å². The highest BCUT2D eigenvalue weighted by Gasteiger charge is 2.08. The molecule has 0 bridgehead atoms. The Morgan fingerprint density at radius 2 is 1.93 bits per heavy atom. The molecular weight excluding hydrogens is 445 g/mol. The van der Waals surface area contributed by atoms with E-state index in [0.29, 0.717) is 16.6 Å². The molecule has 4 rings (SSSR count). The summed E-state index contributed by atoms with van der Waals surface area (Å²) in [5.41, 5.74) is 2.33. The van der Waals surface area contributed by atoms with Gasteiger partial charge in [0, 0.05) is 15.5 Å². The third-order valence-corrected chi connectivity index (χ3v) is 4.87. The molecule has 7 heteroatoms. The SMILES string of the molecule is Fc1cccc(COc2ccc(Nc3ncnc4cc(Br)ccc34)cc2Cl)c1. The van der Waals surface area contributed by atoms with Gasteiger partial charge in [-0.05, 0) is 54.1 Å². The van der Waals surface area contributed by atoms with Crippen molar-refractivity contribution >= 4 is 49.9 Å². The lowest BCUT2D eigenvalue weighted by atomic mass is 10.2. The Labute approximate surface area is 174 Å². The number of aromatic nitrogens is 2. The van der Waals surface area contributed by atoms with E-state index in [2.05, 4.69) is 31.2 Å². The van der Waals surface area contributed by atoms with E-state index in [1.165, 1.54) is 18.5 Å². The summed E-state index contributed by atoms with van der Waals surface area (Å²) in [5.74, 6) is 0.908. The monoisotopic (exact) mass is 457 g/mol. The molecule has 3 aromatic carbocycles. The van der Waals surface area contributed by atoms with Gasteiger partial charge in [-0.3, -0.25) is 0 Å². The zero-order chi connectivity index (χ0) is 19.5. The smallest absolute Gasteiger partial charge is 0.141 e. The largest absolute Gasteiger partial charge is 0.487 e. The number of hydrogen-bond acceptors (Lipinski definition) is 4. The van der Waals surface area contributed by atoms with E-state index in [0.717, 1.165) is 26.6 Å². The molecule has 0 aliphatic heterocycles. The van der Waals surface area contributed by atoms with Crippen LogP contribution in [0.25, 0.3) is 10.9 Å². The standard InChI is InChI=1S/C21H14BrClFN3O/c22-14-4-6-17-19(9-14)25-12-26-21(17)27-16-5-7-20(18(23)10-16)28-11-13-2-1-3-15(24)8-13/h1-10,12H,11H2,(H,25,26,27). The predicted octanol–water partition coefficient (Wildman–Crippen LogP) is 6.51. The van der Waals surface area contributed by atoms with Gasteiger partial charge in [0.1, 0.15) is 30.3 Å². The van der Waals surface area contributed by atoms with Gasteiger partial charge in [0.05, 0.1) is 10.5 Å². The topological polar surface area (TPSA) is 47.0 Å². The fourth-order valence-electron chi connectivity index (χ4n) is 2.75. The maximum atomic E-state index is 13.3. The van der Waals surface area contributed by atoms with Crippen molar-refractivity contribution in [1.82, 2.24) is 9.97 Å². The Morgan fingerprint density at radius 1 is 1.04 bits per heavy atom. The molecule has 0 aliphatic rings. The average Bonchev–Trinajstić information content (AvgIpc) is 2.67. The minimum atomic E-state index is -0.296. The number of nitrogens with one attached hydrogen (secondary N) is 1. The number of fused-ring (bicyclic) bond motifs is 1. The van der Waals surface area contributed by atoms with Crippen molar-refractivity contribution in [2.75, 3.05) is 5.32 Å². The van der Waals surface area contributed by atoms with Crippen LogP contribution in [0.15, 0.2) is 71.5 Å². The zero-order valence-electron chi connectivity index (χ0n) is 14.5. The summed E-state index contributed by atoms with van der Waals surface area (Å²) in [4.78, 5) is 8.60. The Balaban J connectivity index is 1.52. The molecule has 28 heavy (non-hydrogen) atoms. The fraction of sp³-hybridized carbons (Fsp3) is 0.0476. The van der Waals surface area contributed by atoms with Gasteiger partial charge < -0.3 is 10.1 Å². The number of hydrogen-bond donors (Lipinski definition) is 1. The molecule has 0 aliphatic carbocycles. The summed E-state index contributed by atoms with van der Waals surface area (Å²) in [7, 11) is 0. The van der Waals surface area contributed by atoms with Crippen LogP contribution in [-0.4, -0.2) is 9.97 Å². The van der Waals surface area contributed by atoms with E-state index in [-0.39, 0.29) is 12.4 Å². The van der Waals surface area contributed by atoms with E-state index in [1.807, 2.05) is 24.3 Å². The number of halogens is 3. The highest BCUT2D eigenvalue weighted by Crippen LogP contribution is 2.31. The molecule has 0 atom stereocenters. The van der Waals surface area contributed by atoms with E-state index in [1.54, 1.807) is 24.3 Å². The lowest BCUT2D eigenvalue weighted by Gasteiger charge is -2.12. The van der Waals surface area contributed by atoms with Crippen LogP contribution in [0.1, 0.15) is 5.56 Å². The number of nitrogens with zero attached hydrogens (tertiary/aromatic N) is 2. The third-order valence-electron chi connectivity index (χ3n) is 4.08. The summed E-state index contributed by atoms with van der Waals surface area (Å²) in [6.07, 6.45) is 1.51. The summed E-state index contributed by atoms with van der Waals surface area (Å²) >= 11 is 9.80. The van der Waals surface area contributed by atoms with Crippen molar-refractivity contribution in [1.29, 1.82) is 0 Å². The fourth-order valence-corrected chi connectivity index (χ4v) is 3.33. The van der Waals surface area contributed by atoms with E-state index < -0.39 is 0 Å². The van der Waals surface area contributed by atoms with Crippen LogP contribution in [0.2, 0.25) is 5.02 Å². The van der Waals surface area contributed by atoms with E-state index >= 15 is 0 Å². The molecule has 0 fully saturated rings. The van der Waals surface area contributed by atoms with Crippen molar-refractivity contribution in [3.05, 3.63) is 87.9 Å². The zero-order valence-corrected chi connectivity index (χ0v) is 16.8. The van der Waals surface area contributed by atoms with Crippen molar-refractivity contribution in [2.24, 2.45) is 0 Å². The molecule has 0 saturated carbocycles. The average molecular weight is 459 g/mol. The van der Waals surface area contributed by atoms with Crippen molar-refractivity contribution in [2.45, 2.75) is 6.61 Å². The Kier molecular flexibility index (Phi) is 5.41. The normalized spacial score (nSPS) is 10.8. The van der Waals surface area contributed by atoms with Crippen molar-refractivity contribution in [3.63, 3.8) is 0 Å². The van der Waals surface area contributed by atoms with Crippen LogP contribution in [0, 0.1) is 5.82 Å². The first kappa shape index (κ1) is 18.7.